The van der Waals surface area contributed by atoms with E-state index in [0.29, 0.717) is 6.42 Å². The summed E-state index contributed by atoms with van der Waals surface area (Å²) in [5.41, 5.74) is 5.22. The van der Waals surface area contributed by atoms with Crippen molar-refractivity contribution >= 4 is 11.8 Å². The molecule has 15 heavy (non-hydrogen) atoms. The van der Waals surface area contributed by atoms with Gasteiger partial charge in [0.15, 0.2) is 0 Å². The van der Waals surface area contributed by atoms with Crippen LogP contribution >= 0.6 is 0 Å². The van der Waals surface area contributed by atoms with Crippen LogP contribution in [-0.2, 0) is 9.59 Å². The van der Waals surface area contributed by atoms with Crippen LogP contribution in [0, 0.1) is 5.92 Å². The van der Waals surface area contributed by atoms with Crippen molar-refractivity contribution in [2.45, 2.75) is 44.8 Å². The van der Waals surface area contributed by atoms with Crippen LogP contribution in [0.1, 0.15) is 32.6 Å². The smallest absolute Gasteiger partial charge is 0.248 e. The Morgan fingerprint density at radius 1 is 1.47 bits per heavy atom. The number of hydrogen-bond donors (Lipinski definition) is 3. The molecule has 2 unspecified atom stereocenters. The molecule has 0 bridgehead atoms. The first-order chi connectivity index (χ1) is 7.00. The fourth-order valence-corrected chi connectivity index (χ4v) is 1.90. The van der Waals surface area contributed by atoms with Gasteiger partial charge < -0.3 is 16.2 Å². The van der Waals surface area contributed by atoms with Crippen LogP contribution in [0.15, 0.2) is 0 Å². The minimum Gasteiger partial charge on any atom is -0.384 e. The average molecular weight is 214 g/mol. The summed E-state index contributed by atoms with van der Waals surface area (Å²) in [6, 6.07) is -0.0293. The van der Waals surface area contributed by atoms with E-state index in [1.165, 1.54) is 6.92 Å². The standard InChI is InChI=1S/C10H18N2O3/c1-6(13)10(15)12-8-4-2-3-7(5-8)9(11)14/h6-8,13H,2-5H2,1H3,(H2,11,14)(H,12,15)/t6-,7?,8?/m0/s1. The second-order valence-electron chi connectivity index (χ2n) is 4.15. The van der Waals surface area contributed by atoms with Crippen LogP contribution in [0.2, 0.25) is 0 Å². The topological polar surface area (TPSA) is 92.4 Å². The van der Waals surface area contributed by atoms with E-state index in [4.69, 9.17) is 10.8 Å². The Morgan fingerprint density at radius 3 is 2.67 bits per heavy atom. The Hall–Kier alpha value is -1.10. The zero-order valence-electron chi connectivity index (χ0n) is 8.90. The molecule has 3 atom stereocenters. The van der Waals surface area contributed by atoms with E-state index in [9.17, 15) is 9.59 Å². The van der Waals surface area contributed by atoms with E-state index in [1.807, 2.05) is 0 Å². The van der Waals surface area contributed by atoms with E-state index in [0.717, 1.165) is 19.3 Å². The van der Waals surface area contributed by atoms with Crippen molar-refractivity contribution in [3.05, 3.63) is 0 Å². The summed E-state index contributed by atoms with van der Waals surface area (Å²) in [5, 5.41) is 11.7. The Labute approximate surface area is 89.0 Å². The van der Waals surface area contributed by atoms with E-state index in [1.54, 1.807) is 0 Å². The first-order valence-electron chi connectivity index (χ1n) is 5.28. The second kappa shape index (κ2) is 5.11. The molecule has 1 aliphatic rings. The molecular formula is C10H18N2O3. The zero-order valence-corrected chi connectivity index (χ0v) is 8.90. The third-order valence-corrected chi connectivity index (χ3v) is 2.80. The van der Waals surface area contributed by atoms with Gasteiger partial charge in [-0.1, -0.05) is 6.42 Å². The van der Waals surface area contributed by atoms with Crippen molar-refractivity contribution in [1.29, 1.82) is 0 Å². The number of aliphatic hydroxyl groups is 1. The zero-order chi connectivity index (χ0) is 11.4. The molecule has 0 radical (unpaired) electrons. The molecule has 0 aromatic rings. The SMILES string of the molecule is C[C@H](O)C(=O)NC1CCCC(C(N)=O)C1. The number of carbonyl (C=O) groups is 2. The highest BCUT2D eigenvalue weighted by Gasteiger charge is 2.27. The van der Waals surface area contributed by atoms with Crippen molar-refractivity contribution in [3.63, 3.8) is 0 Å². The number of hydrogen-bond acceptors (Lipinski definition) is 3. The van der Waals surface area contributed by atoms with Crippen molar-refractivity contribution in [2.24, 2.45) is 11.7 Å². The molecule has 1 rings (SSSR count). The first-order valence-corrected chi connectivity index (χ1v) is 5.28. The van der Waals surface area contributed by atoms with E-state index < -0.39 is 6.10 Å². The molecule has 5 heteroatoms. The third-order valence-electron chi connectivity index (χ3n) is 2.80. The minimum atomic E-state index is -1.00. The first kappa shape index (κ1) is 12.0. The van der Waals surface area contributed by atoms with Gasteiger partial charge in [-0.2, -0.15) is 0 Å². The molecule has 1 aliphatic carbocycles. The lowest BCUT2D eigenvalue weighted by atomic mass is 9.85. The Balaban J connectivity index is 2.43. The van der Waals surface area contributed by atoms with Gasteiger partial charge in [-0.15, -0.1) is 0 Å². The lowest BCUT2D eigenvalue weighted by Crippen LogP contribution is -2.44. The van der Waals surface area contributed by atoms with Crippen molar-refractivity contribution in [2.75, 3.05) is 0 Å². The molecule has 0 aromatic heterocycles. The van der Waals surface area contributed by atoms with Gasteiger partial charge in [0.2, 0.25) is 11.8 Å². The average Bonchev–Trinajstić information content (AvgIpc) is 2.18. The summed E-state index contributed by atoms with van der Waals surface area (Å²) < 4.78 is 0. The van der Waals surface area contributed by atoms with Crippen LogP contribution < -0.4 is 11.1 Å². The van der Waals surface area contributed by atoms with Crippen molar-refractivity contribution in [1.82, 2.24) is 5.32 Å². The molecule has 5 nitrogen and oxygen atoms in total. The fourth-order valence-electron chi connectivity index (χ4n) is 1.90. The van der Waals surface area contributed by atoms with Crippen LogP contribution in [0.5, 0.6) is 0 Å². The number of rotatable bonds is 3. The quantitative estimate of drug-likeness (QED) is 0.593. The van der Waals surface area contributed by atoms with Gasteiger partial charge in [0, 0.05) is 12.0 Å². The number of nitrogens with two attached hydrogens (primary N) is 1. The van der Waals surface area contributed by atoms with Crippen LogP contribution in [0.4, 0.5) is 0 Å². The Morgan fingerprint density at radius 2 is 2.13 bits per heavy atom. The van der Waals surface area contributed by atoms with Gasteiger partial charge >= 0.3 is 0 Å². The molecule has 0 aliphatic heterocycles. The summed E-state index contributed by atoms with van der Waals surface area (Å²) in [5.74, 6) is -0.825. The lowest BCUT2D eigenvalue weighted by Gasteiger charge is -2.28. The van der Waals surface area contributed by atoms with Gasteiger partial charge in [-0.25, -0.2) is 0 Å². The predicted molar refractivity (Wildman–Crippen MR) is 54.8 cm³/mol. The number of amides is 2. The normalized spacial score (nSPS) is 28.1. The van der Waals surface area contributed by atoms with Crippen LogP contribution in [0.3, 0.4) is 0 Å². The lowest BCUT2D eigenvalue weighted by molar-refractivity contribution is -0.130. The number of aliphatic hydroxyl groups excluding tert-OH is 1. The maximum atomic E-state index is 11.2. The highest BCUT2D eigenvalue weighted by Crippen LogP contribution is 2.23. The molecule has 0 saturated heterocycles. The summed E-state index contributed by atoms with van der Waals surface area (Å²) >= 11 is 0. The molecule has 0 aromatic carbocycles. The summed E-state index contributed by atoms with van der Waals surface area (Å²) in [7, 11) is 0. The minimum absolute atomic E-state index is 0.0293. The number of carbonyl (C=O) groups excluding carboxylic acids is 2. The fraction of sp³-hybridized carbons (Fsp3) is 0.800. The monoisotopic (exact) mass is 214 g/mol. The largest absolute Gasteiger partial charge is 0.384 e. The molecule has 86 valence electrons. The van der Waals surface area contributed by atoms with Gasteiger partial charge in [-0.05, 0) is 26.2 Å². The molecule has 4 N–H and O–H groups in total. The predicted octanol–water partition coefficient (Wildman–Crippen LogP) is -0.473. The molecule has 1 saturated carbocycles. The highest BCUT2D eigenvalue weighted by molar-refractivity contribution is 5.80. The van der Waals surface area contributed by atoms with E-state index >= 15 is 0 Å². The van der Waals surface area contributed by atoms with E-state index in [-0.39, 0.29) is 23.8 Å². The molecule has 0 spiro atoms. The summed E-state index contributed by atoms with van der Waals surface area (Å²) in [6.07, 6.45) is 2.13. The van der Waals surface area contributed by atoms with Crippen molar-refractivity contribution < 1.29 is 14.7 Å². The van der Waals surface area contributed by atoms with Gasteiger partial charge in [0.05, 0.1) is 0 Å². The van der Waals surface area contributed by atoms with Crippen LogP contribution in [-0.4, -0.2) is 29.1 Å². The molecular weight excluding hydrogens is 196 g/mol. The van der Waals surface area contributed by atoms with Crippen molar-refractivity contribution in [3.8, 4) is 0 Å². The highest BCUT2D eigenvalue weighted by atomic mass is 16.3. The molecule has 2 amide bonds. The third kappa shape index (κ3) is 3.51. The van der Waals surface area contributed by atoms with Crippen LogP contribution in [0.25, 0.3) is 0 Å². The summed E-state index contributed by atoms with van der Waals surface area (Å²) in [4.78, 5) is 22.2. The summed E-state index contributed by atoms with van der Waals surface area (Å²) in [6.45, 7) is 1.42. The Kier molecular flexibility index (Phi) is 4.08. The Bertz CT molecular complexity index is 253. The second-order valence-corrected chi connectivity index (χ2v) is 4.15. The maximum absolute atomic E-state index is 11.2. The molecule has 1 fully saturated rings. The van der Waals surface area contributed by atoms with E-state index in [2.05, 4.69) is 5.32 Å². The molecule has 0 heterocycles. The number of nitrogens with one attached hydrogen (secondary N) is 1. The number of primary amides is 1. The maximum Gasteiger partial charge on any atom is 0.248 e. The van der Waals surface area contributed by atoms with Gasteiger partial charge in [0.25, 0.3) is 0 Å². The van der Waals surface area contributed by atoms with Gasteiger partial charge in [-0.3, -0.25) is 9.59 Å². The van der Waals surface area contributed by atoms with Gasteiger partial charge in [0.1, 0.15) is 6.10 Å².